The number of fused-ring (bicyclic) bond motifs is 1. The number of aryl methyl sites for hydroxylation is 1. The van der Waals surface area contributed by atoms with Gasteiger partial charge in [-0.15, -0.1) is 0 Å². The third-order valence-corrected chi connectivity index (χ3v) is 1.50. The topological polar surface area (TPSA) is 27.0 Å². The van der Waals surface area contributed by atoms with Crippen molar-refractivity contribution in [3.05, 3.63) is 30.1 Å². The molecule has 0 amide bonds. The SMILES string of the molecule is Cc1ccc2cc[n-]c2n1. The van der Waals surface area contributed by atoms with Crippen molar-refractivity contribution in [1.82, 2.24) is 9.97 Å². The van der Waals surface area contributed by atoms with Gasteiger partial charge in [0, 0.05) is 0 Å². The molecule has 2 heterocycles. The van der Waals surface area contributed by atoms with Gasteiger partial charge in [-0.2, -0.15) is 0 Å². The zero-order valence-corrected chi connectivity index (χ0v) is 5.70. The largest absolute Gasteiger partial charge is 0.442 e. The lowest BCUT2D eigenvalue weighted by molar-refractivity contribution is 1.21. The molecule has 50 valence electrons. The molecule has 0 fully saturated rings. The highest BCUT2D eigenvalue weighted by atomic mass is 14.8. The van der Waals surface area contributed by atoms with Gasteiger partial charge >= 0.3 is 0 Å². The van der Waals surface area contributed by atoms with Crippen LogP contribution in [0.25, 0.3) is 11.0 Å². The molecule has 2 aromatic heterocycles. The second-order valence-electron chi connectivity index (χ2n) is 2.31. The number of pyridine rings is 1. The van der Waals surface area contributed by atoms with E-state index >= 15 is 0 Å². The summed E-state index contributed by atoms with van der Waals surface area (Å²) in [5.74, 6) is 0. The van der Waals surface area contributed by atoms with Gasteiger partial charge in [-0.25, -0.2) is 0 Å². The highest BCUT2D eigenvalue weighted by Crippen LogP contribution is 2.07. The molecule has 10 heavy (non-hydrogen) atoms. The Labute approximate surface area is 58.9 Å². The van der Waals surface area contributed by atoms with Crippen LogP contribution in [-0.4, -0.2) is 4.98 Å². The molecule has 0 saturated heterocycles. The normalized spacial score (nSPS) is 10.5. The molecule has 0 aliphatic carbocycles. The van der Waals surface area contributed by atoms with Crippen LogP contribution in [0.1, 0.15) is 5.69 Å². The maximum atomic E-state index is 4.22. The molecule has 0 saturated carbocycles. The van der Waals surface area contributed by atoms with Crippen molar-refractivity contribution < 1.29 is 0 Å². The van der Waals surface area contributed by atoms with Gasteiger partial charge in [-0.05, 0) is 12.3 Å². The van der Waals surface area contributed by atoms with Crippen molar-refractivity contribution in [3.63, 3.8) is 0 Å². The van der Waals surface area contributed by atoms with Crippen LogP contribution in [0.3, 0.4) is 0 Å². The number of hydrogen-bond donors (Lipinski definition) is 0. The lowest BCUT2D eigenvalue weighted by Gasteiger charge is -2.00. The Morgan fingerprint density at radius 2 is 2.20 bits per heavy atom. The second kappa shape index (κ2) is 1.84. The van der Waals surface area contributed by atoms with Crippen LogP contribution in [0.2, 0.25) is 0 Å². The average Bonchev–Trinajstić information content (AvgIpc) is 2.33. The minimum Gasteiger partial charge on any atom is -0.442 e. The van der Waals surface area contributed by atoms with Gasteiger partial charge in [0.05, 0.1) is 0 Å². The molecule has 0 aromatic carbocycles. The molecule has 2 nitrogen and oxygen atoms in total. The Kier molecular flexibility index (Phi) is 1.01. The van der Waals surface area contributed by atoms with E-state index in [2.05, 4.69) is 9.97 Å². The summed E-state index contributed by atoms with van der Waals surface area (Å²) in [6.45, 7) is 1.97. The maximum Gasteiger partial charge on any atom is -0.0270 e. The quantitative estimate of drug-likeness (QED) is 0.541. The van der Waals surface area contributed by atoms with Crippen LogP contribution < -0.4 is 4.98 Å². The van der Waals surface area contributed by atoms with Crippen molar-refractivity contribution in [3.8, 4) is 0 Å². The van der Waals surface area contributed by atoms with E-state index in [-0.39, 0.29) is 0 Å². The van der Waals surface area contributed by atoms with Gasteiger partial charge < -0.3 is 9.97 Å². The molecule has 2 aromatic rings. The number of nitrogens with zero attached hydrogens (tertiary/aromatic N) is 2. The highest BCUT2D eigenvalue weighted by molar-refractivity contribution is 5.74. The number of rotatable bonds is 0. The van der Waals surface area contributed by atoms with E-state index in [9.17, 15) is 0 Å². The fourth-order valence-corrected chi connectivity index (χ4v) is 0.975. The van der Waals surface area contributed by atoms with E-state index < -0.39 is 0 Å². The van der Waals surface area contributed by atoms with Crippen molar-refractivity contribution >= 4 is 11.0 Å². The van der Waals surface area contributed by atoms with E-state index in [0.29, 0.717) is 0 Å². The first-order chi connectivity index (χ1) is 4.86. The summed E-state index contributed by atoms with van der Waals surface area (Å²) in [7, 11) is 0. The first-order valence-electron chi connectivity index (χ1n) is 3.21. The Hall–Kier alpha value is -1.31. The first kappa shape index (κ1) is 5.47. The summed E-state index contributed by atoms with van der Waals surface area (Å²) in [5.41, 5.74) is 1.87. The van der Waals surface area contributed by atoms with Crippen LogP contribution in [0.4, 0.5) is 0 Å². The van der Waals surface area contributed by atoms with Crippen LogP contribution >= 0.6 is 0 Å². The lowest BCUT2D eigenvalue weighted by atomic mass is 10.3. The highest BCUT2D eigenvalue weighted by Gasteiger charge is 1.83. The van der Waals surface area contributed by atoms with Crippen LogP contribution in [0.5, 0.6) is 0 Å². The summed E-state index contributed by atoms with van der Waals surface area (Å²) in [5, 5.41) is 1.12. The summed E-state index contributed by atoms with van der Waals surface area (Å²) >= 11 is 0. The third-order valence-electron chi connectivity index (χ3n) is 1.50. The molecule has 2 heteroatoms. The summed E-state index contributed by atoms with van der Waals surface area (Å²) in [4.78, 5) is 8.29. The van der Waals surface area contributed by atoms with Crippen LogP contribution in [0.15, 0.2) is 24.4 Å². The minimum atomic E-state index is 0.847. The molecule has 0 aliphatic rings. The number of hydrogen-bond acceptors (Lipinski definition) is 1. The summed E-state index contributed by atoms with van der Waals surface area (Å²) in [6.07, 6.45) is 1.77. The number of aromatic nitrogens is 2. The van der Waals surface area contributed by atoms with Gasteiger partial charge in [-0.1, -0.05) is 35.7 Å². The van der Waals surface area contributed by atoms with E-state index in [0.717, 1.165) is 16.7 Å². The van der Waals surface area contributed by atoms with Gasteiger partial charge in [0.2, 0.25) is 0 Å². The first-order valence-corrected chi connectivity index (χ1v) is 3.21. The van der Waals surface area contributed by atoms with E-state index in [1.807, 2.05) is 25.1 Å². The van der Waals surface area contributed by atoms with Gasteiger partial charge in [0.15, 0.2) is 0 Å². The monoisotopic (exact) mass is 131 g/mol. The minimum absolute atomic E-state index is 0.847. The Morgan fingerprint density at radius 3 is 3.10 bits per heavy atom. The molecule has 0 aliphatic heterocycles. The van der Waals surface area contributed by atoms with Gasteiger partial charge in [0.25, 0.3) is 0 Å². The standard InChI is InChI=1S/C8H7N2/c1-6-2-3-7-4-5-9-8(7)10-6/h2-5H,1H3/q-1. The lowest BCUT2D eigenvalue weighted by Crippen LogP contribution is -1.80. The predicted molar refractivity (Wildman–Crippen MR) is 39.8 cm³/mol. The van der Waals surface area contributed by atoms with E-state index in [1.165, 1.54) is 0 Å². The summed E-state index contributed by atoms with van der Waals surface area (Å²) < 4.78 is 0. The Balaban J connectivity index is 2.86. The molecule has 0 unspecified atom stereocenters. The van der Waals surface area contributed by atoms with Crippen molar-refractivity contribution in [2.24, 2.45) is 0 Å². The molecule has 0 atom stereocenters. The van der Waals surface area contributed by atoms with Crippen LogP contribution in [-0.2, 0) is 0 Å². The van der Waals surface area contributed by atoms with Crippen LogP contribution in [0, 0.1) is 6.92 Å². The molecule has 0 spiro atoms. The molecule has 2 rings (SSSR count). The van der Waals surface area contributed by atoms with Crippen molar-refractivity contribution in [2.75, 3.05) is 0 Å². The Morgan fingerprint density at radius 1 is 1.30 bits per heavy atom. The zero-order valence-electron chi connectivity index (χ0n) is 5.70. The fourth-order valence-electron chi connectivity index (χ4n) is 0.975. The molecular weight excluding hydrogens is 124 g/mol. The van der Waals surface area contributed by atoms with Gasteiger partial charge in [-0.3, -0.25) is 0 Å². The molecular formula is C8H7N2-. The predicted octanol–water partition coefficient (Wildman–Crippen LogP) is 1.50. The smallest absolute Gasteiger partial charge is 0.0270 e. The van der Waals surface area contributed by atoms with E-state index in [4.69, 9.17) is 0 Å². The average molecular weight is 131 g/mol. The van der Waals surface area contributed by atoms with E-state index in [1.54, 1.807) is 6.20 Å². The molecule has 0 radical (unpaired) electrons. The third kappa shape index (κ3) is 0.692. The second-order valence-corrected chi connectivity index (χ2v) is 2.31. The van der Waals surface area contributed by atoms with Gasteiger partial charge in [0.1, 0.15) is 0 Å². The summed E-state index contributed by atoms with van der Waals surface area (Å²) in [6, 6.07) is 5.98. The zero-order chi connectivity index (χ0) is 6.97. The van der Waals surface area contributed by atoms with Crippen molar-refractivity contribution in [1.29, 1.82) is 0 Å². The molecule has 0 N–H and O–H groups in total. The maximum absolute atomic E-state index is 4.22. The Bertz CT molecular complexity index is 349. The molecule has 0 bridgehead atoms. The van der Waals surface area contributed by atoms with Crippen molar-refractivity contribution in [2.45, 2.75) is 6.92 Å². The fraction of sp³-hybridized carbons (Fsp3) is 0.125.